The smallest absolute Gasteiger partial charge is 0.116 e. The van der Waals surface area contributed by atoms with Gasteiger partial charge in [-0.1, -0.05) is 127 Å². The predicted octanol–water partition coefficient (Wildman–Crippen LogP) is 13.4. The van der Waals surface area contributed by atoms with Crippen LogP contribution in [-0.2, 0) is 6.42 Å². The van der Waals surface area contributed by atoms with Gasteiger partial charge in [0.25, 0.3) is 0 Å². The van der Waals surface area contributed by atoms with Gasteiger partial charge in [0.2, 0.25) is 0 Å². The Morgan fingerprint density at radius 2 is 1.02 bits per heavy atom. The second-order valence-electron chi connectivity index (χ2n) is 13.8. The van der Waals surface area contributed by atoms with E-state index < -0.39 is 0 Å². The number of nitrogens with zero attached hydrogens (tertiary/aromatic N) is 2. The van der Waals surface area contributed by atoms with Crippen molar-refractivity contribution >= 4 is 53.1 Å². The Morgan fingerprint density at radius 1 is 0.404 bits per heavy atom. The quantitative estimate of drug-likeness (QED) is 0.185. The summed E-state index contributed by atoms with van der Waals surface area (Å²) in [7, 11) is 0. The molecule has 11 rings (SSSR count). The third-order valence-corrected chi connectivity index (χ3v) is 12.0. The molecule has 242 valence electrons. The Kier molecular flexibility index (Phi) is 6.52. The number of aromatic nitrogens is 2. The number of fused-ring (bicyclic) bond motifs is 8. The average molecular weight is 679 g/mol. The van der Waals surface area contributed by atoms with E-state index in [2.05, 4.69) is 164 Å². The third kappa shape index (κ3) is 4.71. The molecular weight excluding hydrogens is 649 g/mol. The molecular formula is C49H30N2S. The monoisotopic (exact) mass is 678 g/mol. The van der Waals surface area contributed by atoms with Crippen LogP contribution in [0.4, 0.5) is 0 Å². The number of benzene rings is 8. The lowest BCUT2D eigenvalue weighted by Gasteiger charge is -2.10. The largest absolute Gasteiger partial charge is 0.236 e. The molecule has 2 heterocycles. The van der Waals surface area contributed by atoms with Gasteiger partial charge in [-0.3, -0.25) is 0 Å². The highest BCUT2D eigenvalue weighted by molar-refractivity contribution is 7.26. The zero-order valence-electron chi connectivity index (χ0n) is 28.2. The van der Waals surface area contributed by atoms with E-state index in [1.54, 1.807) is 6.33 Å². The molecule has 1 aliphatic rings. The summed E-state index contributed by atoms with van der Waals surface area (Å²) in [5.41, 5.74) is 14.2. The highest BCUT2D eigenvalue weighted by Gasteiger charge is 2.25. The topological polar surface area (TPSA) is 25.8 Å². The maximum absolute atomic E-state index is 4.89. The van der Waals surface area contributed by atoms with E-state index >= 15 is 0 Å². The maximum atomic E-state index is 4.89. The van der Waals surface area contributed by atoms with Crippen LogP contribution in [0.2, 0.25) is 0 Å². The maximum Gasteiger partial charge on any atom is 0.116 e. The minimum atomic E-state index is 0.826. The summed E-state index contributed by atoms with van der Waals surface area (Å²) in [5.74, 6) is 0. The van der Waals surface area contributed by atoms with Gasteiger partial charge in [0.15, 0.2) is 0 Å². The first kappa shape index (κ1) is 29.3. The van der Waals surface area contributed by atoms with Gasteiger partial charge in [-0.25, -0.2) is 9.97 Å². The van der Waals surface area contributed by atoms with E-state index in [4.69, 9.17) is 9.97 Å². The molecule has 8 aromatic carbocycles. The third-order valence-electron chi connectivity index (χ3n) is 10.8. The highest BCUT2D eigenvalue weighted by Crippen LogP contribution is 2.44. The van der Waals surface area contributed by atoms with Crippen molar-refractivity contribution in [2.75, 3.05) is 0 Å². The standard InChI is InChI=1S/C49H30N2S/c1-2-8-31-23-32(16-15-30(31)7-1)33-17-18-35-25-36(20-19-34(35)24-33)37-21-22-39-28-45-47(50-29-51-48(45)44(39)27-37)40-10-5-9-38(26-40)41-12-6-13-43-42-11-3-4-14-46(42)52-49(41)43/h1-27,29H,28H2. The fourth-order valence-corrected chi connectivity index (χ4v) is 9.40. The van der Waals surface area contributed by atoms with Crippen LogP contribution in [0.15, 0.2) is 170 Å². The van der Waals surface area contributed by atoms with Crippen molar-refractivity contribution in [3.05, 3.63) is 181 Å². The molecule has 0 saturated heterocycles. The van der Waals surface area contributed by atoms with Crippen LogP contribution >= 0.6 is 11.3 Å². The summed E-state index contributed by atoms with van der Waals surface area (Å²) in [6.45, 7) is 0. The van der Waals surface area contributed by atoms with Crippen LogP contribution in [0, 0.1) is 0 Å². The van der Waals surface area contributed by atoms with Crippen molar-refractivity contribution in [3.8, 4) is 55.9 Å². The van der Waals surface area contributed by atoms with Gasteiger partial charge in [-0.2, -0.15) is 0 Å². The van der Waals surface area contributed by atoms with E-state index in [0.717, 1.165) is 23.4 Å². The van der Waals surface area contributed by atoms with Crippen LogP contribution in [-0.4, -0.2) is 9.97 Å². The second-order valence-corrected chi connectivity index (χ2v) is 14.9. The Bertz CT molecular complexity index is 3060. The fraction of sp³-hybridized carbons (Fsp3) is 0.0204. The van der Waals surface area contributed by atoms with Gasteiger partial charge in [-0.15, -0.1) is 11.3 Å². The van der Waals surface area contributed by atoms with Crippen LogP contribution in [0.3, 0.4) is 0 Å². The summed E-state index contributed by atoms with van der Waals surface area (Å²) in [4.78, 5) is 9.75. The summed E-state index contributed by atoms with van der Waals surface area (Å²) >= 11 is 1.87. The molecule has 0 fully saturated rings. The molecule has 0 unspecified atom stereocenters. The van der Waals surface area contributed by atoms with Gasteiger partial charge >= 0.3 is 0 Å². The van der Waals surface area contributed by atoms with Gasteiger partial charge in [0, 0.05) is 43.3 Å². The number of hydrogen-bond acceptors (Lipinski definition) is 3. The lowest BCUT2D eigenvalue weighted by atomic mass is 9.95. The summed E-state index contributed by atoms with van der Waals surface area (Å²) in [5, 5.41) is 7.64. The van der Waals surface area contributed by atoms with Crippen LogP contribution < -0.4 is 0 Å². The highest BCUT2D eigenvalue weighted by atomic mass is 32.1. The van der Waals surface area contributed by atoms with E-state index in [1.165, 1.54) is 91.8 Å². The molecule has 0 spiro atoms. The SMILES string of the molecule is c1cc(-c2ncnc3c2Cc2ccc(-c4ccc5cc(-c6ccc7ccccc7c6)ccc5c4)cc2-3)cc(-c2cccc3c2sc2ccccc23)c1. The zero-order chi connectivity index (χ0) is 34.2. The minimum Gasteiger partial charge on any atom is -0.236 e. The minimum absolute atomic E-state index is 0.826. The first-order chi connectivity index (χ1) is 25.7. The lowest BCUT2D eigenvalue weighted by molar-refractivity contribution is 1.13. The van der Waals surface area contributed by atoms with E-state index in [-0.39, 0.29) is 0 Å². The molecule has 1 aliphatic carbocycles. The van der Waals surface area contributed by atoms with Crippen molar-refractivity contribution in [1.82, 2.24) is 9.97 Å². The van der Waals surface area contributed by atoms with Crippen molar-refractivity contribution in [1.29, 1.82) is 0 Å². The Labute approximate surface area is 305 Å². The fourth-order valence-electron chi connectivity index (χ4n) is 8.16. The first-order valence-electron chi connectivity index (χ1n) is 17.8. The Balaban J connectivity index is 0.933. The van der Waals surface area contributed by atoms with Crippen molar-refractivity contribution in [2.24, 2.45) is 0 Å². The molecule has 52 heavy (non-hydrogen) atoms. The first-order valence-corrected chi connectivity index (χ1v) is 18.6. The molecule has 3 heteroatoms. The van der Waals surface area contributed by atoms with Gasteiger partial charge in [0.05, 0.1) is 11.4 Å². The predicted molar refractivity (Wildman–Crippen MR) is 220 cm³/mol. The molecule has 2 aromatic heterocycles. The molecule has 10 aromatic rings. The number of thiophene rings is 1. The molecule has 0 N–H and O–H groups in total. The van der Waals surface area contributed by atoms with E-state index in [0.29, 0.717) is 0 Å². The van der Waals surface area contributed by atoms with E-state index in [1.807, 2.05) is 11.3 Å². The normalized spacial score (nSPS) is 12.2. The Morgan fingerprint density at radius 3 is 1.85 bits per heavy atom. The molecule has 0 radical (unpaired) electrons. The number of rotatable bonds is 4. The molecule has 0 bridgehead atoms. The number of hydrogen-bond donors (Lipinski definition) is 0. The lowest BCUT2D eigenvalue weighted by Crippen LogP contribution is -1.94. The van der Waals surface area contributed by atoms with E-state index in [9.17, 15) is 0 Å². The van der Waals surface area contributed by atoms with Crippen molar-refractivity contribution in [3.63, 3.8) is 0 Å². The molecule has 0 atom stereocenters. The second kappa shape index (κ2) is 11.6. The molecule has 0 amide bonds. The van der Waals surface area contributed by atoms with Gasteiger partial charge in [0.1, 0.15) is 6.33 Å². The van der Waals surface area contributed by atoms with Crippen molar-refractivity contribution < 1.29 is 0 Å². The van der Waals surface area contributed by atoms with Crippen LogP contribution in [0.1, 0.15) is 11.1 Å². The van der Waals surface area contributed by atoms with Gasteiger partial charge in [-0.05, 0) is 96.9 Å². The average Bonchev–Trinajstić information content (AvgIpc) is 3.78. The summed E-state index contributed by atoms with van der Waals surface area (Å²) in [6, 6.07) is 60.0. The van der Waals surface area contributed by atoms with Crippen molar-refractivity contribution in [2.45, 2.75) is 6.42 Å². The Hall–Kier alpha value is -6.42. The van der Waals surface area contributed by atoms with Crippen LogP contribution in [0.5, 0.6) is 0 Å². The molecule has 2 nitrogen and oxygen atoms in total. The zero-order valence-corrected chi connectivity index (χ0v) is 29.0. The molecule has 0 aliphatic heterocycles. The summed E-state index contributed by atoms with van der Waals surface area (Å²) < 4.78 is 2.65. The summed E-state index contributed by atoms with van der Waals surface area (Å²) in [6.07, 6.45) is 2.56. The van der Waals surface area contributed by atoms with Gasteiger partial charge < -0.3 is 0 Å². The molecule has 0 saturated carbocycles. The van der Waals surface area contributed by atoms with Crippen LogP contribution in [0.25, 0.3) is 97.6 Å².